The van der Waals surface area contributed by atoms with E-state index >= 15 is 0 Å². The summed E-state index contributed by atoms with van der Waals surface area (Å²) in [5.41, 5.74) is 8.71. The van der Waals surface area contributed by atoms with Gasteiger partial charge < -0.3 is 10.2 Å². The molecule has 0 saturated carbocycles. The molecule has 0 fully saturated rings. The fourth-order valence-electron chi connectivity index (χ4n) is 2.46. The van der Waals surface area contributed by atoms with Crippen molar-refractivity contribution in [3.63, 3.8) is 0 Å². The molecule has 0 aliphatic carbocycles. The molecule has 124 valence electrons. The quantitative estimate of drug-likeness (QED) is 0.385. The van der Waals surface area contributed by atoms with Crippen molar-refractivity contribution in [3.05, 3.63) is 41.6 Å². The second-order valence-electron chi connectivity index (χ2n) is 5.36. The summed E-state index contributed by atoms with van der Waals surface area (Å²) in [6.07, 6.45) is 1.79. The van der Waals surface area contributed by atoms with Crippen LogP contribution >= 0.6 is 22.6 Å². The first-order valence-electron chi connectivity index (χ1n) is 7.48. The lowest BCUT2D eigenvalue weighted by atomic mass is 10.1. The fraction of sp³-hybridized carbons (Fsp3) is 0.375. The predicted molar refractivity (Wildman–Crippen MR) is 102 cm³/mol. The highest BCUT2D eigenvalue weighted by Crippen LogP contribution is 2.19. The Labute approximate surface area is 150 Å². The SMILES string of the molecule is CCNC(=O)c1ccccc1NC1=[N+](C)C(N)N(C)C=C1CI. The summed E-state index contributed by atoms with van der Waals surface area (Å²) in [7, 11) is 3.89. The number of hydrogen-bond acceptors (Lipinski definition) is 4. The highest BCUT2D eigenvalue weighted by atomic mass is 127. The lowest BCUT2D eigenvalue weighted by molar-refractivity contribution is -0.561. The number of anilines is 1. The van der Waals surface area contributed by atoms with Gasteiger partial charge in [-0.2, -0.15) is 0 Å². The highest BCUT2D eigenvalue weighted by Gasteiger charge is 2.28. The molecular weight excluding hydrogens is 405 g/mol. The molecule has 2 rings (SSSR count). The van der Waals surface area contributed by atoms with E-state index < -0.39 is 0 Å². The molecular formula is C16H23IN5O+. The fourth-order valence-corrected chi connectivity index (χ4v) is 3.01. The molecule has 1 aromatic rings. The number of benzene rings is 1. The largest absolute Gasteiger partial charge is 0.352 e. The highest BCUT2D eigenvalue weighted by molar-refractivity contribution is 14.1. The topological polar surface area (TPSA) is 73.4 Å². The molecule has 0 radical (unpaired) electrons. The van der Waals surface area contributed by atoms with Crippen LogP contribution in [-0.2, 0) is 0 Å². The van der Waals surface area contributed by atoms with Crippen molar-refractivity contribution in [2.45, 2.75) is 13.2 Å². The molecule has 0 aromatic heterocycles. The van der Waals surface area contributed by atoms with Gasteiger partial charge in [0.15, 0.2) is 0 Å². The van der Waals surface area contributed by atoms with E-state index in [-0.39, 0.29) is 12.2 Å². The summed E-state index contributed by atoms with van der Waals surface area (Å²) in [6, 6.07) is 7.49. The lowest BCUT2D eigenvalue weighted by Crippen LogP contribution is -2.51. The van der Waals surface area contributed by atoms with Crippen LogP contribution in [0.3, 0.4) is 0 Å². The van der Waals surface area contributed by atoms with E-state index in [2.05, 4.69) is 33.2 Å². The van der Waals surface area contributed by atoms with Gasteiger partial charge in [-0.25, -0.2) is 9.89 Å². The second kappa shape index (κ2) is 7.78. The zero-order valence-corrected chi connectivity index (χ0v) is 15.8. The maximum atomic E-state index is 12.2. The predicted octanol–water partition coefficient (Wildman–Crippen LogP) is 1.40. The maximum Gasteiger partial charge on any atom is 0.282 e. The number of hydrogen-bond donors (Lipinski definition) is 3. The molecule has 1 aliphatic heterocycles. The molecule has 0 bridgehead atoms. The number of rotatable bonds is 4. The summed E-state index contributed by atoms with van der Waals surface area (Å²) >= 11 is 2.32. The zero-order valence-electron chi connectivity index (χ0n) is 13.6. The van der Waals surface area contributed by atoms with Crippen LogP contribution in [-0.4, -0.2) is 52.6 Å². The van der Waals surface area contributed by atoms with Crippen LogP contribution in [0.5, 0.6) is 0 Å². The summed E-state index contributed by atoms with van der Waals surface area (Å²) in [5.74, 6) is 0.831. The molecule has 1 atom stereocenters. The number of para-hydroxylation sites is 1. The van der Waals surface area contributed by atoms with Gasteiger partial charge in [0.25, 0.3) is 11.7 Å². The normalized spacial score (nSPS) is 17.9. The van der Waals surface area contributed by atoms with Crippen molar-refractivity contribution < 1.29 is 9.37 Å². The first kappa shape index (κ1) is 17.7. The Morgan fingerprint density at radius 1 is 1.43 bits per heavy atom. The van der Waals surface area contributed by atoms with Crippen LogP contribution in [0.4, 0.5) is 5.69 Å². The van der Waals surface area contributed by atoms with Gasteiger partial charge in [-0.15, -0.1) is 0 Å². The Morgan fingerprint density at radius 3 is 2.78 bits per heavy atom. The molecule has 6 nitrogen and oxygen atoms in total. The second-order valence-corrected chi connectivity index (χ2v) is 6.12. The molecule has 1 aromatic carbocycles. The third kappa shape index (κ3) is 3.84. The van der Waals surface area contributed by atoms with E-state index in [1.54, 1.807) is 0 Å². The van der Waals surface area contributed by atoms with Crippen molar-refractivity contribution in [2.24, 2.45) is 5.73 Å². The molecule has 1 amide bonds. The number of carbonyl (C=O) groups excluding carboxylic acids is 1. The van der Waals surface area contributed by atoms with Crippen molar-refractivity contribution in [3.8, 4) is 0 Å². The molecule has 0 spiro atoms. The molecule has 1 heterocycles. The Hall–Kier alpha value is -1.61. The van der Waals surface area contributed by atoms with Crippen LogP contribution in [0, 0.1) is 0 Å². The number of nitrogens with zero attached hydrogens (tertiary/aromatic N) is 2. The Balaban J connectivity index is 2.38. The first-order chi connectivity index (χ1) is 11.0. The van der Waals surface area contributed by atoms with E-state index in [1.165, 1.54) is 0 Å². The number of amidine groups is 1. The average Bonchev–Trinajstić information content (AvgIpc) is 2.55. The van der Waals surface area contributed by atoms with Crippen LogP contribution in [0.1, 0.15) is 17.3 Å². The number of nitrogens with two attached hydrogens (primary N) is 1. The summed E-state index contributed by atoms with van der Waals surface area (Å²) in [6.45, 7) is 2.50. The minimum atomic E-state index is -0.249. The minimum absolute atomic E-state index is 0.0870. The first-order valence-corrected chi connectivity index (χ1v) is 9.00. The third-order valence-electron chi connectivity index (χ3n) is 3.74. The van der Waals surface area contributed by atoms with Gasteiger partial charge in [-0.1, -0.05) is 34.7 Å². The molecule has 0 saturated heterocycles. The smallest absolute Gasteiger partial charge is 0.282 e. The summed E-state index contributed by atoms with van der Waals surface area (Å²) in [4.78, 5) is 14.2. The van der Waals surface area contributed by atoms with Crippen molar-refractivity contribution in [2.75, 3.05) is 30.4 Å². The molecule has 1 unspecified atom stereocenters. The third-order valence-corrected chi connectivity index (χ3v) is 4.56. The van der Waals surface area contributed by atoms with E-state index in [9.17, 15) is 4.79 Å². The van der Waals surface area contributed by atoms with Crippen LogP contribution in [0.15, 0.2) is 36.0 Å². The van der Waals surface area contributed by atoms with E-state index in [0.29, 0.717) is 12.1 Å². The number of carbonyl (C=O) groups is 1. The van der Waals surface area contributed by atoms with Crippen LogP contribution in [0.25, 0.3) is 0 Å². The van der Waals surface area contributed by atoms with Crippen molar-refractivity contribution in [1.82, 2.24) is 10.2 Å². The average molecular weight is 428 g/mol. The van der Waals surface area contributed by atoms with Gasteiger partial charge in [0.05, 0.1) is 18.2 Å². The lowest BCUT2D eigenvalue weighted by Gasteiger charge is -2.29. The van der Waals surface area contributed by atoms with Crippen molar-refractivity contribution in [1.29, 1.82) is 0 Å². The minimum Gasteiger partial charge on any atom is -0.352 e. The molecule has 1 aliphatic rings. The summed E-state index contributed by atoms with van der Waals surface area (Å²) in [5, 5.41) is 6.23. The van der Waals surface area contributed by atoms with Gasteiger partial charge in [-0.05, 0) is 19.1 Å². The van der Waals surface area contributed by atoms with Crippen LogP contribution < -0.4 is 16.4 Å². The van der Waals surface area contributed by atoms with Gasteiger partial charge in [-0.3, -0.25) is 10.5 Å². The van der Waals surface area contributed by atoms with E-state index in [1.807, 2.05) is 61.0 Å². The Morgan fingerprint density at radius 2 is 2.13 bits per heavy atom. The Bertz CT molecular complexity index is 656. The van der Waals surface area contributed by atoms with E-state index in [0.717, 1.165) is 21.5 Å². The number of alkyl halides is 1. The molecule has 7 heteroatoms. The van der Waals surface area contributed by atoms with Gasteiger partial charge >= 0.3 is 0 Å². The number of halogens is 1. The monoisotopic (exact) mass is 428 g/mol. The molecule has 4 N–H and O–H groups in total. The zero-order chi connectivity index (χ0) is 17.0. The number of nitrogens with one attached hydrogen (secondary N) is 2. The van der Waals surface area contributed by atoms with Gasteiger partial charge in [0, 0.05) is 24.2 Å². The number of amides is 1. The maximum absolute atomic E-state index is 12.2. The molecule has 23 heavy (non-hydrogen) atoms. The van der Waals surface area contributed by atoms with Crippen molar-refractivity contribution >= 4 is 40.0 Å². The van der Waals surface area contributed by atoms with E-state index in [4.69, 9.17) is 5.73 Å². The van der Waals surface area contributed by atoms with Crippen LogP contribution in [0.2, 0.25) is 0 Å². The van der Waals surface area contributed by atoms with Gasteiger partial charge in [0.1, 0.15) is 5.69 Å². The summed E-state index contributed by atoms with van der Waals surface area (Å²) < 4.78 is 2.81. The standard InChI is InChI=1S/C16H22IN5O/c1-4-19-15(23)12-7-5-6-8-13(12)20-14-11(9-17)10-21(2)16(18)22(14)3/h5-8,10,16H,4,9,18H2,1-3H3,(H,19,23)/p+1. The Kier molecular flexibility index (Phi) is 6.00. The van der Waals surface area contributed by atoms with Gasteiger partial charge in [0.2, 0.25) is 6.29 Å².